The molecular weight excluding hydrogens is 480 g/mol. The van der Waals surface area contributed by atoms with Gasteiger partial charge >= 0.3 is 65.1 Å². The number of hydroxylamine groups is 2. The van der Waals surface area contributed by atoms with Gasteiger partial charge in [-0.3, -0.25) is 0 Å². The molecule has 33 heavy (non-hydrogen) atoms. The number of nitrogens with one attached hydrogen (secondary N) is 1. The van der Waals surface area contributed by atoms with Gasteiger partial charge in [-0.05, 0) is 49.4 Å². The van der Waals surface area contributed by atoms with Crippen molar-refractivity contribution in [3.63, 3.8) is 0 Å². The quantitative estimate of drug-likeness (QED) is 0.126. The van der Waals surface area contributed by atoms with Crippen molar-refractivity contribution in [2.24, 2.45) is 0 Å². The van der Waals surface area contributed by atoms with Gasteiger partial charge in [0.05, 0.1) is 19.2 Å². The molecule has 3 aliphatic rings. The number of benzene rings is 1. The third-order valence-corrected chi connectivity index (χ3v) is 5.64. The van der Waals surface area contributed by atoms with Gasteiger partial charge < -0.3 is 34.2 Å². The fraction of sp³-hybridized carbons (Fsp3) is 0.556. The normalized spacial score (nSPS) is 25.2. The molecule has 2 saturated heterocycles. The van der Waals surface area contributed by atoms with Crippen molar-refractivity contribution in [3.8, 4) is 5.75 Å². The van der Waals surface area contributed by atoms with E-state index in [-0.39, 0.29) is 84.8 Å². The second kappa shape index (κ2) is 10.7. The van der Waals surface area contributed by atoms with Gasteiger partial charge in [-0.1, -0.05) is 6.07 Å². The Morgan fingerprint density at radius 3 is 2.58 bits per heavy atom. The number of hydrogen-bond donors (Lipinski definition) is 1. The first-order chi connectivity index (χ1) is 14.4. The van der Waals surface area contributed by atoms with Crippen LogP contribution in [0.4, 0.5) is 4.79 Å². The number of carbonyl (C=O) groups excluding carboxylic acids is 1. The van der Waals surface area contributed by atoms with E-state index in [1.165, 1.54) is 4.90 Å². The standard InChI is InChI=1S/C18H23N3O9S.2Na/c1-18(2)28-9-11(29-18)8-27-10-3-4-12-13(5-10)15-7-20(14(12)6-16(19)22)17(23)21(15)30-31(24,25)26;;/h3-5,11,14-15H,6-9H2,1-2H3,(H2,19,22)(H,24,25,26);;/q;2*+1/p-2/t11?,14-,15-;;/m0../s1. The van der Waals surface area contributed by atoms with Gasteiger partial charge in [0, 0.05) is 0 Å². The van der Waals surface area contributed by atoms with Crippen LogP contribution < -0.4 is 69.0 Å². The Morgan fingerprint density at radius 1 is 1.30 bits per heavy atom. The SMILES string of the molecule is CC1(C)OCC(COc2ccc3c(c2)[C@@H]2CN(C(=O)N2OS(=O)(=O)[O-])[C@H]3CC(=N)[O-])O1.[Na+].[Na+]. The molecule has 0 spiro atoms. The second-order valence-corrected chi connectivity index (χ2v) is 8.92. The van der Waals surface area contributed by atoms with Crippen LogP contribution >= 0.6 is 0 Å². The van der Waals surface area contributed by atoms with E-state index >= 15 is 0 Å². The predicted octanol–water partition coefficient (Wildman–Crippen LogP) is -5.82. The number of ether oxygens (including phenoxy) is 3. The van der Waals surface area contributed by atoms with E-state index in [0.29, 0.717) is 28.5 Å². The van der Waals surface area contributed by atoms with E-state index in [4.69, 9.17) is 19.6 Å². The summed E-state index contributed by atoms with van der Waals surface area (Å²) in [6.45, 7) is 4.14. The molecular formula is C18H21N3Na2O9S. The molecule has 2 bridgehead atoms. The van der Waals surface area contributed by atoms with Crippen molar-refractivity contribution in [1.82, 2.24) is 9.96 Å². The summed E-state index contributed by atoms with van der Waals surface area (Å²) in [7, 11) is -5.20. The van der Waals surface area contributed by atoms with Crippen LogP contribution in [0.3, 0.4) is 0 Å². The molecule has 0 aliphatic carbocycles. The molecule has 3 aliphatic heterocycles. The van der Waals surface area contributed by atoms with Crippen molar-refractivity contribution in [2.75, 3.05) is 19.8 Å². The van der Waals surface area contributed by atoms with Crippen molar-refractivity contribution >= 4 is 22.3 Å². The Morgan fingerprint density at radius 2 is 2.00 bits per heavy atom. The average molecular weight is 501 g/mol. The molecule has 0 radical (unpaired) electrons. The Kier molecular flexibility index (Phi) is 9.30. The molecule has 4 rings (SSSR count). The van der Waals surface area contributed by atoms with Crippen LogP contribution in [0.2, 0.25) is 0 Å². The zero-order chi connectivity index (χ0) is 22.6. The summed E-state index contributed by atoms with van der Waals surface area (Å²) in [4.78, 5) is 13.9. The van der Waals surface area contributed by atoms with Crippen molar-refractivity contribution in [3.05, 3.63) is 29.3 Å². The third-order valence-electron chi connectivity index (χ3n) is 5.29. The summed E-state index contributed by atoms with van der Waals surface area (Å²) in [6, 6.07) is 2.35. The van der Waals surface area contributed by atoms with Gasteiger partial charge in [-0.15, -0.1) is 0 Å². The fourth-order valence-corrected chi connectivity index (χ4v) is 4.46. The number of rotatable bonds is 7. The summed E-state index contributed by atoms with van der Waals surface area (Å²) in [5.74, 6) is -1.17. The summed E-state index contributed by atoms with van der Waals surface area (Å²) < 4.78 is 54.8. The Hall–Kier alpha value is -0.450. The number of fused-ring (bicyclic) bond motifs is 4. The molecule has 170 valence electrons. The molecule has 2 fully saturated rings. The minimum absolute atomic E-state index is 0. The predicted molar refractivity (Wildman–Crippen MR) is 99.4 cm³/mol. The molecule has 0 aromatic heterocycles. The second-order valence-electron chi connectivity index (χ2n) is 7.95. The molecule has 1 unspecified atom stereocenters. The van der Waals surface area contributed by atoms with E-state index < -0.39 is 40.2 Å². The first-order valence-electron chi connectivity index (χ1n) is 9.51. The van der Waals surface area contributed by atoms with E-state index in [0.717, 1.165) is 0 Å². The van der Waals surface area contributed by atoms with E-state index in [1.54, 1.807) is 32.0 Å². The number of nitrogens with zero attached hydrogens (tertiary/aromatic N) is 2. The summed E-state index contributed by atoms with van der Waals surface area (Å²) in [6.07, 6.45) is -0.569. The van der Waals surface area contributed by atoms with Crippen LogP contribution in [0, 0.1) is 5.41 Å². The number of carbonyl (C=O) groups is 1. The van der Waals surface area contributed by atoms with Gasteiger partial charge in [0.15, 0.2) is 5.79 Å². The molecule has 12 nitrogen and oxygen atoms in total. The van der Waals surface area contributed by atoms with Crippen LogP contribution in [0.5, 0.6) is 5.75 Å². The first-order valence-corrected chi connectivity index (χ1v) is 10.8. The number of urea groups is 1. The molecule has 15 heteroatoms. The maximum Gasteiger partial charge on any atom is 1.00 e. The topological polar surface area (TPSA) is 165 Å². The van der Waals surface area contributed by atoms with Gasteiger partial charge in [0.25, 0.3) is 0 Å². The maximum atomic E-state index is 12.7. The fourth-order valence-electron chi connectivity index (χ4n) is 4.10. The average Bonchev–Trinajstić information content (AvgIpc) is 3.14. The number of amides is 2. The monoisotopic (exact) mass is 501 g/mol. The van der Waals surface area contributed by atoms with Gasteiger partial charge in [0.2, 0.25) is 10.4 Å². The van der Waals surface area contributed by atoms with Crippen LogP contribution in [-0.2, 0) is 24.2 Å². The summed E-state index contributed by atoms with van der Waals surface area (Å²) in [5, 5.41) is 19.3. The molecule has 1 aromatic rings. The summed E-state index contributed by atoms with van der Waals surface area (Å²) >= 11 is 0. The van der Waals surface area contributed by atoms with Crippen molar-refractivity contribution in [1.29, 1.82) is 5.41 Å². The Bertz CT molecular complexity index is 1020. The largest absolute Gasteiger partial charge is 1.00 e. The third kappa shape index (κ3) is 6.41. The maximum absolute atomic E-state index is 12.7. The van der Waals surface area contributed by atoms with Gasteiger partial charge in [0.1, 0.15) is 24.5 Å². The van der Waals surface area contributed by atoms with Gasteiger partial charge in [-0.2, -0.15) is 9.35 Å². The van der Waals surface area contributed by atoms with Crippen LogP contribution in [0.25, 0.3) is 0 Å². The molecule has 1 aromatic carbocycles. The Labute approximate surface area is 235 Å². The summed E-state index contributed by atoms with van der Waals surface area (Å²) in [5.41, 5.74) is 1.02. The minimum atomic E-state index is -5.20. The molecule has 2 amide bonds. The van der Waals surface area contributed by atoms with Crippen LogP contribution in [0.1, 0.15) is 43.5 Å². The van der Waals surface area contributed by atoms with Crippen LogP contribution in [0.15, 0.2) is 18.2 Å². The van der Waals surface area contributed by atoms with E-state index in [2.05, 4.69) is 4.28 Å². The van der Waals surface area contributed by atoms with Crippen LogP contribution in [-0.4, -0.2) is 66.5 Å². The molecule has 1 N–H and O–H groups in total. The smallest absolute Gasteiger partial charge is 0.862 e. The molecule has 3 heterocycles. The van der Waals surface area contributed by atoms with E-state index in [9.17, 15) is 22.9 Å². The number of hydrogen-bond acceptors (Lipinski definition) is 10. The van der Waals surface area contributed by atoms with Crippen molar-refractivity contribution in [2.45, 2.75) is 44.2 Å². The molecule has 0 saturated carbocycles. The molecule has 3 atom stereocenters. The zero-order valence-corrected chi connectivity index (χ0v) is 23.6. The Balaban J connectivity index is 0.00000193. The van der Waals surface area contributed by atoms with E-state index in [1.807, 2.05) is 0 Å². The minimum Gasteiger partial charge on any atom is -0.862 e. The first kappa shape index (κ1) is 28.8. The zero-order valence-electron chi connectivity index (χ0n) is 18.8. The van der Waals surface area contributed by atoms with Crippen molar-refractivity contribution < 1.29 is 100 Å². The van der Waals surface area contributed by atoms with Gasteiger partial charge in [-0.25, -0.2) is 13.2 Å².